The van der Waals surface area contributed by atoms with Crippen LogP contribution in [0.3, 0.4) is 0 Å². The third-order valence-corrected chi connectivity index (χ3v) is 2.65. The fraction of sp³-hybridized carbons (Fsp3) is 0.333. The largest absolute Gasteiger partial charge is 0.492 e. The number of ether oxygens (including phenoxy) is 1. The molecule has 0 aliphatic rings. The van der Waals surface area contributed by atoms with Gasteiger partial charge < -0.3 is 14.5 Å². The number of aryl methyl sites for hydroxylation is 2. The average molecular weight is 245 g/mol. The van der Waals surface area contributed by atoms with Crippen molar-refractivity contribution in [1.82, 2.24) is 5.32 Å². The molecule has 0 fully saturated rings. The number of hydrogen-bond acceptors (Lipinski definition) is 3. The van der Waals surface area contributed by atoms with Crippen LogP contribution < -0.4 is 10.1 Å². The molecular weight excluding hydrogens is 226 g/mol. The van der Waals surface area contributed by atoms with Crippen molar-refractivity contribution in [3.8, 4) is 5.75 Å². The topological polar surface area (TPSA) is 34.4 Å². The summed E-state index contributed by atoms with van der Waals surface area (Å²) in [6, 6.07) is 8.22. The highest BCUT2D eigenvalue weighted by Crippen LogP contribution is 2.15. The maximum atomic E-state index is 5.70. The first kappa shape index (κ1) is 12.7. The number of rotatable bonds is 6. The summed E-state index contributed by atoms with van der Waals surface area (Å²) in [4.78, 5) is 0. The maximum absolute atomic E-state index is 5.70. The number of furan rings is 1. The van der Waals surface area contributed by atoms with Gasteiger partial charge in [-0.2, -0.15) is 0 Å². The smallest absolute Gasteiger partial charge is 0.119 e. The molecule has 2 aromatic rings. The Labute approximate surface area is 108 Å². The molecule has 0 bridgehead atoms. The van der Waals surface area contributed by atoms with Gasteiger partial charge in [-0.1, -0.05) is 6.07 Å². The second-order valence-corrected chi connectivity index (χ2v) is 4.48. The summed E-state index contributed by atoms with van der Waals surface area (Å²) in [5.74, 6) is 0.942. The van der Waals surface area contributed by atoms with Crippen LogP contribution in [0.1, 0.15) is 16.7 Å². The summed E-state index contributed by atoms with van der Waals surface area (Å²) in [5.41, 5.74) is 3.62. The second kappa shape index (κ2) is 6.26. The summed E-state index contributed by atoms with van der Waals surface area (Å²) in [6.45, 7) is 6.46. The first-order valence-electron chi connectivity index (χ1n) is 6.17. The zero-order valence-electron chi connectivity index (χ0n) is 10.9. The molecule has 0 radical (unpaired) electrons. The van der Waals surface area contributed by atoms with E-state index in [-0.39, 0.29) is 0 Å². The number of nitrogens with one attached hydrogen (secondary N) is 1. The first-order valence-corrected chi connectivity index (χ1v) is 6.17. The Hall–Kier alpha value is -1.74. The standard InChI is InChI=1S/C15H19NO2/c1-12-7-13(2)9-15(8-12)18-6-4-16-10-14-3-5-17-11-14/h3,5,7-9,11,16H,4,6,10H2,1-2H3. The molecule has 0 saturated heterocycles. The van der Waals surface area contributed by atoms with Crippen molar-refractivity contribution in [2.45, 2.75) is 20.4 Å². The van der Waals surface area contributed by atoms with Crippen LogP contribution >= 0.6 is 0 Å². The van der Waals surface area contributed by atoms with Gasteiger partial charge in [-0.3, -0.25) is 0 Å². The summed E-state index contributed by atoms with van der Waals surface area (Å²) < 4.78 is 10.7. The van der Waals surface area contributed by atoms with Crippen LogP contribution in [0.5, 0.6) is 5.75 Å². The summed E-state index contributed by atoms with van der Waals surface area (Å²) in [7, 11) is 0. The number of benzene rings is 1. The summed E-state index contributed by atoms with van der Waals surface area (Å²) in [6.07, 6.45) is 3.43. The minimum absolute atomic E-state index is 0.667. The van der Waals surface area contributed by atoms with E-state index in [1.54, 1.807) is 12.5 Å². The van der Waals surface area contributed by atoms with Crippen LogP contribution in [0.2, 0.25) is 0 Å². The van der Waals surface area contributed by atoms with Gasteiger partial charge in [0, 0.05) is 18.7 Å². The van der Waals surface area contributed by atoms with E-state index < -0.39 is 0 Å². The Kier molecular flexibility index (Phi) is 4.42. The lowest BCUT2D eigenvalue weighted by molar-refractivity contribution is 0.313. The molecular formula is C15H19NO2. The van der Waals surface area contributed by atoms with E-state index in [4.69, 9.17) is 9.15 Å². The molecule has 2 rings (SSSR count). The molecule has 1 N–H and O–H groups in total. The van der Waals surface area contributed by atoms with Gasteiger partial charge in [0.1, 0.15) is 12.4 Å². The van der Waals surface area contributed by atoms with Crippen molar-refractivity contribution >= 4 is 0 Å². The molecule has 0 aliphatic heterocycles. The van der Waals surface area contributed by atoms with Gasteiger partial charge >= 0.3 is 0 Å². The highest BCUT2D eigenvalue weighted by atomic mass is 16.5. The van der Waals surface area contributed by atoms with Crippen molar-refractivity contribution in [3.63, 3.8) is 0 Å². The lowest BCUT2D eigenvalue weighted by Crippen LogP contribution is -2.20. The quantitative estimate of drug-likeness (QED) is 0.794. The predicted octanol–water partition coefficient (Wildman–Crippen LogP) is 3.07. The molecule has 0 unspecified atom stereocenters. The monoisotopic (exact) mass is 245 g/mol. The molecule has 1 aromatic heterocycles. The van der Waals surface area contributed by atoms with E-state index in [2.05, 4.69) is 37.4 Å². The van der Waals surface area contributed by atoms with Crippen LogP contribution in [0.25, 0.3) is 0 Å². The Morgan fingerprint density at radius 1 is 1.17 bits per heavy atom. The fourth-order valence-corrected chi connectivity index (χ4v) is 1.88. The molecule has 0 aliphatic carbocycles. The molecule has 1 aromatic carbocycles. The molecule has 0 amide bonds. The molecule has 0 saturated carbocycles. The molecule has 0 spiro atoms. The minimum Gasteiger partial charge on any atom is -0.492 e. The van der Waals surface area contributed by atoms with Gasteiger partial charge in [0.05, 0.1) is 12.5 Å². The summed E-state index contributed by atoms with van der Waals surface area (Å²) in [5, 5.41) is 3.30. The second-order valence-electron chi connectivity index (χ2n) is 4.48. The van der Waals surface area contributed by atoms with E-state index in [0.29, 0.717) is 6.61 Å². The Morgan fingerprint density at radius 3 is 2.61 bits per heavy atom. The summed E-state index contributed by atoms with van der Waals surface area (Å²) >= 11 is 0. The highest BCUT2D eigenvalue weighted by molar-refractivity contribution is 5.32. The van der Waals surface area contributed by atoms with E-state index in [0.717, 1.165) is 24.4 Å². The van der Waals surface area contributed by atoms with Crippen molar-refractivity contribution in [2.75, 3.05) is 13.2 Å². The van der Waals surface area contributed by atoms with Crippen LogP contribution in [-0.4, -0.2) is 13.2 Å². The van der Waals surface area contributed by atoms with Gasteiger partial charge in [-0.05, 0) is 43.2 Å². The minimum atomic E-state index is 0.667. The van der Waals surface area contributed by atoms with E-state index in [1.807, 2.05) is 6.07 Å². The van der Waals surface area contributed by atoms with Gasteiger partial charge in [0.25, 0.3) is 0 Å². The molecule has 3 heteroatoms. The molecule has 18 heavy (non-hydrogen) atoms. The zero-order valence-corrected chi connectivity index (χ0v) is 10.9. The molecule has 0 atom stereocenters. The van der Waals surface area contributed by atoms with Crippen molar-refractivity contribution in [1.29, 1.82) is 0 Å². The lowest BCUT2D eigenvalue weighted by atomic mass is 10.1. The van der Waals surface area contributed by atoms with E-state index >= 15 is 0 Å². The van der Waals surface area contributed by atoms with Crippen LogP contribution in [0.15, 0.2) is 41.2 Å². The molecule has 3 nitrogen and oxygen atoms in total. The van der Waals surface area contributed by atoms with Gasteiger partial charge in [-0.25, -0.2) is 0 Å². The fourth-order valence-electron chi connectivity index (χ4n) is 1.88. The maximum Gasteiger partial charge on any atom is 0.119 e. The van der Waals surface area contributed by atoms with Crippen molar-refractivity contribution < 1.29 is 9.15 Å². The van der Waals surface area contributed by atoms with Gasteiger partial charge in [-0.15, -0.1) is 0 Å². The van der Waals surface area contributed by atoms with Crippen molar-refractivity contribution in [3.05, 3.63) is 53.5 Å². The lowest BCUT2D eigenvalue weighted by Gasteiger charge is -2.08. The Morgan fingerprint density at radius 2 is 1.94 bits per heavy atom. The van der Waals surface area contributed by atoms with Crippen LogP contribution in [0, 0.1) is 13.8 Å². The molecule has 96 valence electrons. The Bertz CT molecular complexity index is 457. The zero-order chi connectivity index (χ0) is 12.8. The first-order chi connectivity index (χ1) is 8.74. The third-order valence-electron chi connectivity index (χ3n) is 2.65. The van der Waals surface area contributed by atoms with Gasteiger partial charge in [0.15, 0.2) is 0 Å². The van der Waals surface area contributed by atoms with Crippen molar-refractivity contribution in [2.24, 2.45) is 0 Å². The van der Waals surface area contributed by atoms with Crippen LogP contribution in [-0.2, 0) is 6.54 Å². The van der Waals surface area contributed by atoms with E-state index in [1.165, 1.54) is 11.1 Å². The van der Waals surface area contributed by atoms with Gasteiger partial charge in [0.2, 0.25) is 0 Å². The normalized spacial score (nSPS) is 10.6. The van der Waals surface area contributed by atoms with Crippen LogP contribution in [0.4, 0.5) is 0 Å². The highest BCUT2D eigenvalue weighted by Gasteiger charge is 1.97. The predicted molar refractivity (Wildman–Crippen MR) is 71.8 cm³/mol. The third kappa shape index (κ3) is 3.93. The Balaban J connectivity index is 1.68. The van der Waals surface area contributed by atoms with E-state index in [9.17, 15) is 0 Å². The SMILES string of the molecule is Cc1cc(C)cc(OCCNCc2ccoc2)c1. The number of hydrogen-bond donors (Lipinski definition) is 1. The average Bonchev–Trinajstić information content (AvgIpc) is 2.80. The molecule has 1 heterocycles.